The minimum absolute atomic E-state index is 0.0277. The van der Waals surface area contributed by atoms with Gasteiger partial charge in [-0.2, -0.15) is 0 Å². The van der Waals surface area contributed by atoms with Gasteiger partial charge in [0.25, 0.3) is 0 Å². The van der Waals surface area contributed by atoms with E-state index in [0.717, 1.165) is 0 Å². The maximum absolute atomic E-state index is 12.3. The van der Waals surface area contributed by atoms with Crippen LogP contribution in [-0.2, 0) is 14.8 Å². The summed E-state index contributed by atoms with van der Waals surface area (Å²) in [6.45, 7) is 1.09. The van der Waals surface area contributed by atoms with Gasteiger partial charge in [0.2, 0.25) is 15.9 Å². The molecule has 0 fully saturated rings. The first-order chi connectivity index (χ1) is 12.8. The van der Waals surface area contributed by atoms with Crippen molar-refractivity contribution in [3.63, 3.8) is 0 Å². The van der Waals surface area contributed by atoms with E-state index < -0.39 is 16.1 Å². The Morgan fingerprint density at radius 1 is 1.07 bits per heavy atom. The van der Waals surface area contributed by atoms with Crippen molar-refractivity contribution in [2.24, 2.45) is 0 Å². The summed E-state index contributed by atoms with van der Waals surface area (Å²) < 4.78 is 37.3. The monoisotopic (exact) mass is 394 g/mol. The van der Waals surface area contributed by atoms with Gasteiger partial charge in [0.1, 0.15) is 24.2 Å². The Morgan fingerprint density at radius 3 is 2.22 bits per heavy atom. The van der Waals surface area contributed by atoms with E-state index >= 15 is 0 Å². The quantitative estimate of drug-likeness (QED) is 0.592. The molecule has 27 heavy (non-hydrogen) atoms. The molecule has 3 N–H and O–H groups in total. The molecule has 0 aromatic heterocycles. The number of aliphatic hydroxyl groups excluding tert-OH is 1. The van der Waals surface area contributed by atoms with Gasteiger partial charge in [-0.05, 0) is 48.5 Å². The Morgan fingerprint density at radius 2 is 1.67 bits per heavy atom. The Labute approximate surface area is 158 Å². The van der Waals surface area contributed by atoms with E-state index in [1.54, 1.807) is 31.4 Å². The third-order valence-corrected chi connectivity index (χ3v) is 4.94. The maximum atomic E-state index is 12.3. The van der Waals surface area contributed by atoms with Gasteiger partial charge < -0.3 is 19.9 Å². The Bertz CT molecular complexity index is 850. The molecule has 2 rings (SSSR count). The number of anilines is 1. The molecule has 8 nitrogen and oxygen atoms in total. The predicted octanol–water partition coefficient (Wildman–Crippen LogP) is 1.37. The lowest BCUT2D eigenvalue weighted by Crippen LogP contribution is -2.35. The SMILES string of the molecule is COc1ccc(OC[C@@H](O)CNS(=O)(=O)c2ccc(NC(C)=O)cc2)cc1. The molecule has 0 aliphatic carbocycles. The molecule has 0 heterocycles. The highest BCUT2D eigenvalue weighted by Crippen LogP contribution is 2.17. The van der Waals surface area contributed by atoms with Gasteiger partial charge in [-0.15, -0.1) is 0 Å². The van der Waals surface area contributed by atoms with Gasteiger partial charge in [0.15, 0.2) is 0 Å². The molecule has 0 saturated heterocycles. The van der Waals surface area contributed by atoms with E-state index in [0.29, 0.717) is 17.2 Å². The predicted molar refractivity (Wildman–Crippen MR) is 100 cm³/mol. The maximum Gasteiger partial charge on any atom is 0.240 e. The van der Waals surface area contributed by atoms with Crippen molar-refractivity contribution < 1.29 is 27.8 Å². The zero-order chi connectivity index (χ0) is 19.9. The summed E-state index contributed by atoms with van der Waals surface area (Å²) in [7, 11) is -2.23. The van der Waals surface area contributed by atoms with Crippen LogP contribution in [0.25, 0.3) is 0 Å². The highest BCUT2D eigenvalue weighted by atomic mass is 32.2. The third kappa shape index (κ3) is 6.55. The summed E-state index contributed by atoms with van der Waals surface area (Å²) in [5.74, 6) is 0.968. The summed E-state index contributed by atoms with van der Waals surface area (Å²) >= 11 is 0. The molecule has 2 aromatic rings. The van der Waals surface area contributed by atoms with Crippen LogP contribution < -0.4 is 19.5 Å². The molecule has 0 radical (unpaired) electrons. The van der Waals surface area contributed by atoms with E-state index in [1.807, 2.05) is 0 Å². The molecule has 146 valence electrons. The lowest BCUT2D eigenvalue weighted by Gasteiger charge is -2.14. The molecule has 1 amide bonds. The normalized spacial score (nSPS) is 12.3. The van der Waals surface area contributed by atoms with E-state index in [9.17, 15) is 18.3 Å². The number of sulfonamides is 1. The van der Waals surface area contributed by atoms with Crippen LogP contribution in [0.4, 0.5) is 5.69 Å². The standard InChI is InChI=1S/C18H22N2O6S/c1-13(21)20-14-3-9-18(10-4-14)27(23,24)19-11-15(22)12-26-17-7-5-16(25-2)6-8-17/h3-10,15,19,22H,11-12H2,1-2H3,(H,20,21)/t15-/m0/s1. The van der Waals surface area contributed by atoms with Crippen LogP contribution in [0, 0.1) is 0 Å². The third-order valence-electron chi connectivity index (χ3n) is 3.50. The second kappa shape index (κ2) is 9.36. The summed E-state index contributed by atoms with van der Waals surface area (Å²) in [4.78, 5) is 11.0. The van der Waals surface area contributed by atoms with Gasteiger partial charge in [0.05, 0.1) is 12.0 Å². The second-order valence-electron chi connectivity index (χ2n) is 5.70. The molecule has 1 atom stereocenters. The lowest BCUT2D eigenvalue weighted by atomic mass is 10.3. The summed E-state index contributed by atoms with van der Waals surface area (Å²) in [5, 5.41) is 12.5. The smallest absolute Gasteiger partial charge is 0.240 e. The Hall–Kier alpha value is -2.62. The number of amides is 1. The topological polar surface area (TPSA) is 114 Å². The fraction of sp³-hybridized carbons (Fsp3) is 0.278. The lowest BCUT2D eigenvalue weighted by molar-refractivity contribution is -0.114. The number of aliphatic hydroxyl groups is 1. The molecule has 0 bridgehead atoms. The van der Waals surface area contributed by atoms with Crippen molar-refractivity contribution in [2.45, 2.75) is 17.9 Å². The number of nitrogens with one attached hydrogen (secondary N) is 2. The van der Waals surface area contributed by atoms with E-state index in [1.165, 1.54) is 31.2 Å². The van der Waals surface area contributed by atoms with Gasteiger partial charge in [-0.3, -0.25) is 4.79 Å². The Balaban J connectivity index is 1.85. The van der Waals surface area contributed by atoms with Crippen LogP contribution in [0.3, 0.4) is 0 Å². The number of benzene rings is 2. The highest BCUT2D eigenvalue weighted by molar-refractivity contribution is 7.89. The number of hydrogen-bond donors (Lipinski definition) is 3. The highest BCUT2D eigenvalue weighted by Gasteiger charge is 2.16. The first-order valence-electron chi connectivity index (χ1n) is 8.12. The zero-order valence-electron chi connectivity index (χ0n) is 15.0. The van der Waals surface area contributed by atoms with E-state index in [2.05, 4.69) is 10.0 Å². The molecular weight excluding hydrogens is 372 g/mol. The molecule has 0 aliphatic heterocycles. The molecular formula is C18H22N2O6S. The average molecular weight is 394 g/mol. The fourth-order valence-electron chi connectivity index (χ4n) is 2.13. The molecule has 0 aliphatic rings. The summed E-state index contributed by atoms with van der Waals surface area (Å²) in [6, 6.07) is 12.5. The number of rotatable bonds is 9. The van der Waals surface area contributed by atoms with Crippen molar-refractivity contribution in [2.75, 3.05) is 25.6 Å². The van der Waals surface area contributed by atoms with Crippen LogP contribution >= 0.6 is 0 Å². The van der Waals surface area contributed by atoms with Crippen molar-refractivity contribution in [1.29, 1.82) is 0 Å². The Kier molecular flexibility index (Phi) is 7.17. The van der Waals surface area contributed by atoms with Crippen molar-refractivity contribution >= 4 is 21.6 Å². The first-order valence-corrected chi connectivity index (χ1v) is 9.61. The van der Waals surface area contributed by atoms with Crippen molar-refractivity contribution in [1.82, 2.24) is 4.72 Å². The zero-order valence-corrected chi connectivity index (χ0v) is 15.8. The van der Waals surface area contributed by atoms with Crippen molar-refractivity contribution in [3.8, 4) is 11.5 Å². The number of carbonyl (C=O) groups is 1. The van der Waals surface area contributed by atoms with Crippen molar-refractivity contribution in [3.05, 3.63) is 48.5 Å². The molecule has 2 aromatic carbocycles. The van der Waals surface area contributed by atoms with Crippen LogP contribution in [-0.4, -0.2) is 45.8 Å². The van der Waals surface area contributed by atoms with Crippen LogP contribution in [0.15, 0.2) is 53.4 Å². The minimum atomic E-state index is -3.79. The van der Waals surface area contributed by atoms with Crippen LogP contribution in [0.5, 0.6) is 11.5 Å². The largest absolute Gasteiger partial charge is 0.497 e. The van der Waals surface area contributed by atoms with Gasteiger partial charge in [0, 0.05) is 19.2 Å². The first kappa shape index (κ1) is 20.7. The minimum Gasteiger partial charge on any atom is -0.497 e. The average Bonchev–Trinajstić information content (AvgIpc) is 2.65. The molecule has 0 spiro atoms. The van der Waals surface area contributed by atoms with Gasteiger partial charge in [-0.25, -0.2) is 13.1 Å². The summed E-state index contributed by atoms with van der Waals surface area (Å²) in [5.41, 5.74) is 0.495. The van der Waals surface area contributed by atoms with Crippen LogP contribution in [0.1, 0.15) is 6.92 Å². The number of ether oxygens (including phenoxy) is 2. The van der Waals surface area contributed by atoms with E-state index in [-0.39, 0.29) is 24.0 Å². The second-order valence-corrected chi connectivity index (χ2v) is 7.46. The van der Waals surface area contributed by atoms with Gasteiger partial charge >= 0.3 is 0 Å². The summed E-state index contributed by atoms with van der Waals surface area (Å²) in [6.07, 6.45) is -1.03. The van der Waals surface area contributed by atoms with Gasteiger partial charge in [-0.1, -0.05) is 0 Å². The van der Waals surface area contributed by atoms with Crippen LogP contribution in [0.2, 0.25) is 0 Å². The number of hydrogen-bond acceptors (Lipinski definition) is 6. The molecule has 0 unspecified atom stereocenters. The molecule has 9 heteroatoms. The number of carbonyl (C=O) groups excluding carboxylic acids is 1. The molecule has 0 saturated carbocycles. The van der Waals surface area contributed by atoms with E-state index in [4.69, 9.17) is 9.47 Å². The fourth-order valence-corrected chi connectivity index (χ4v) is 3.21. The number of methoxy groups -OCH3 is 1.